The normalized spacial score (nSPS) is 12.8. The van der Waals surface area contributed by atoms with Gasteiger partial charge in [-0.25, -0.2) is 15.0 Å². The average molecular weight is 405 g/mol. The molecule has 3 heterocycles. The minimum atomic E-state index is -0.0644. The van der Waals surface area contributed by atoms with Crippen LogP contribution in [0.2, 0.25) is 5.02 Å². The topological polar surface area (TPSA) is 95.6 Å². The first kappa shape index (κ1) is 17.6. The van der Waals surface area contributed by atoms with E-state index < -0.39 is 0 Å². The number of anilines is 2. The third-order valence-corrected chi connectivity index (χ3v) is 5.04. The van der Waals surface area contributed by atoms with Crippen LogP contribution in [-0.4, -0.2) is 32.4 Å². The zero-order valence-corrected chi connectivity index (χ0v) is 16.1. The minimum absolute atomic E-state index is 0.0644. The average Bonchev–Trinajstić information content (AvgIpc) is 3.04. The lowest BCUT2D eigenvalue weighted by atomic mass is 10.1. The van der Waals surface area contributed by atoms with E-state index in [2.05, 4.69) is 30.6 Å². The third-order valence-electron chi connectivity index (χ3n) is 4.81. The fourth-order valence-corrected chi connectivity index (χ4v) is 3.64. The first-order valence-corrected chi connectivity index (χ1v) is 9.67. The Kier molecular flexibility index (Phi) is 4.37. The summed E-state index contributed by atoms with van der Waals surface area (Å²) in [6, 6.07) is 13.2. The molecule has 2 aromatic carbocycles. The van der Waals surface area contributed by atoms with E-state index in [-0.39, 0.29) is 12.3 Å². The molecule has 1 aliphatic rings. The molecule has 0 atom stereocenters. The molecule has 0 saturated heterocycles. The summed E-state index contributed by atoms with van der Waals surface area (Å²) in [6.07, 6.45) is 2.66. The number of nitrogens with zero attached hydrogens (tertiary/aromatic N) is 3. The molecular formula is C21H17ClN6O. The maximum atomic E-state index is 12.1. The SMILES string of the molecule is O=C1Cc2cnc(NCCc3nc4ccc(Cl)cc4[nH]3)nc2-c2ccccc2N1. The highest BCUT2D eigenvalue weighted by Crippen LogP contribution is 2.32. The molecule has 3 N–H and O–H groups in total. The van der Waals surface area contributed by atoms with Gasteiger partial charge in [0.25, 0.3) is 0 Å². The van der Waals surface area contributed by atoms with E-state index in [1.807, 2.05) is 42.5 Å². The number of amides is 1. The van der Waals surface area contributed by atoms with Gasteiger partial charge < -0.3 is 15.6 Å². The van der Waals surface area contributed by atoms with E-state index in [1.54, 1.807) is 6.20 Å². The number of H-pyrrole nitrogens is 1. The summed E-state index contributed by atoms with van der Waals surface area (Å²) in [4.78, 5) is 29.0. The van der Waals surface area contributed by atoms with Gasteiger partial charge in [-0.05, 0) is 24.3 Å². The molecular weight excluding hydrogens is 388 g/mol. The number of carbonyl (C=O) groups excluding carboxylic acids is 1. The monoisotopic (exact) mass is 404 g/mol. The van der Waals surface area contributed by atoms with Crippen LogP contribution >= 0.6 is 11.6 Å². The maximum Gasteiger partial charge on any atom is 0.228 e. The second kappa shape index (κ2) is 7.18. The molecule has 1 amide bonds. The van der Waals surface area contributed by atoms with E-state index in [4.69, 9.17) is 11.6 Å². The van der Waals surface area contributed by atoms with E-state index in [0.29, 0.717) is 23.9 Å². The third kappa shape index (κ3) is 3.52. The molecule has 144 valence electrons. The summed E-state index contributed by atoms with van der Waals surface area (Å²) in [5, 5.41) is 6.85. The standard InChI is InChI=1S/C21H17ClN6O/c22-13-5-6-16-17(10-13)26-18(25-16)7-8-23-21-24-11-12-9-19(29)27-15-4-2-1-3-14(15)20(12)28-21/h1-6,10-11H,7-9H2,(H,25,26)(H,27,29)(H,23,24,28). The molecule has 7 nitrogen and oxygen atoms in total. The Morgan fingerprint density at radius 1 is 1.14 bits per heavy atom. The van der Waals surface area contributed by atoms with Gasteiger partial charge in [0.1, 0.15) is 5.82 Å². The lowest BCUT2D eigenvalue weighted by molar-refractivity contribution is -0.115. The number of benzene rings is 2. The van der Waals surface area contributed by atoms with Crippen LogP contribution in [0.25, 0.3) is 22.3 Å². The number of rotatable bonds is 4. The van der Waals surface area contributed by atoms with Crippen LogP contribution < -0.4 is 10.6 Å². The molecule has 2 aromatic heterocycles. The highest BCUT2D eigenvalue weighted by Gasteiger charge is 2.20. The number of imidazole rings is 1. The van der Waals surface area contributed by atoms with Gasteiger partial charge in [0.15, 0.2) is 0 Å². The number of halogens is 1. The van der Waals surface area contributed by atoms with Crippen LogP contribution in [-0.2, 0) is 17.6 Å². The van der Waals surface area contributed by atoms with Crippen molar-refractivity contribution in [3.63, 3.8) is 0 Å². The molecule has 0 bridgehead atoms. The van der Waals surface area contributed by atoms with Gasteiger partial charge in [0.2, 0.25) is 11.9 Å². The number of hydrogen-bond donors (Lipinski definition) is 3. The summed E-state index contributed by atoms with van der Waals surface area (Å²) in [7, 11) is 0. The van der Waals surface area contributed by atoms with Crippen LogP contribution in [0, 0.1) is 0 Å². The summed E-state index contributed by atoms with van der Waals surface area (Å²) >= 11 is 6.02. The van der Waals surface area contributed by atoms with Crippen molar-refractivity contribution >= 4 is 40.2 Å². The van der Waals surface area contributed by atoms with Crippen LogP contribution in [0.3, 0.4) is 0 Å². The van der Waals surface area contributed by atoms with Crippen molar-refractivity contribution in [2.45, 2.75) is 12.8 Å². The predicted octanol–water partition coefficient (Wildman–Crippen LogP) is 3.82. The molecule has 8 heteroatoms. The molecule has 0 aliphatic carbocycles. The highest BCUT2D eigenvalue weighted by molar-refractivity contribution is 6.31. The number of fused-ring (bicyclic) bond motifs is 4. The summed E-state index contributed by atoms with van der Waals surface area (Å²) in [5.74, 6) is 1.32. The van der Waals surface area contributed by atoms with Crippen molar-refractivity contribution in [2.24, 2.45) is 0 Å². The number of aromatic nitrogens is 4. The number of para-hydroxylation sites is 1. The van der Waals surface area contributed by atoms with Crippen molar-refractivity contribution in [2.75, 3.05) is 17.2 Å². The Hall–Kier alpha value is -3.45. The smallest absolute Gasteiger partial charge is 0.228 e. The molecule has 0 unspecified atom stereocenters. The zero-order chi connectivity index (χ0) is 19.8. The van der Waals surface area contributed by atoms with Gasteiger partial charge in [-0.3, -0.25) is 4.79 Å². The van der Waals surface area contributed by atoms with Crippen molar-refractivity contribution in [1.82, 2.24) is 19.9 Å². The molecule has 0 radical (unpaired) electrons. The second-order valence-corrected chi connectivity index (χ2v) is 7.30. The van der Waals surface area contributed by atoms with Gasteiger partial charge in [-0.1, -0.05) is 29.8 Å². The minimum Gasteiger partial charge on any atom is -0.354 e. The quantitative estimate of drug-likeness (QED) is 0.480. The van der Waals surface area contributed by atoms with Gasteiger partial charge in [-0.2, -0.15) is 0 Å². The number of hydrogen-bond acceptors (Lipinski definition) is 5. The van der Waals surface area contributed by atoms with Crippen molar-refractivity contribution in [3.8, 4) is 11.3 Å². The Balaban J connectivity index is 1.35. The van der Waals surface area contributed by atoms with E-state index in [0.717, 1.165) is 39.4 Å². The molecule has 1 aliphatic heterocycles. The maximum absolute atomic E-state index is 12.1. The lowest BCUT2D eigenvalue weighted by Crippen LogP contribution is -2.13. The molecule has 4 aromatic rings. The molecule has 0 saturated carbocycles. The predicted molar refractivity (Wildman–Crippen MR) is 113 cm³/mol. The first-order valence-electron chi connectivity index (χ1n) is 9.29. The zero-order valence-electron chi connectivity index (χ0n) is 15.4. The molecule has 5 rings (SSSR count). The van der Waals surface area contributed by atoms with Gasteiger partial charge in [0, 0.05) is 35.3 Å². The van der Waals surface area contributed by atoms with E-state index in [1.165, 1.54) is 0 Å². The van der Waals surface area contributed by atoms with Gasteiger partial charge in [0.05, 0.1) is 28.8 Å². The first-order chi connectivity index (χ1) is 14.2. The largest absolute Gasteiger partial charge is 0.354 e. The molecule has 29 heavy (non-hydrogen) atoms. The summed E-state index contributed by atoms with van der Waals surface area (Å²) in [5.41, 5.74) is 5.05. The fourth-order valence-electron chi connectivity index (χ4n) is 3.47. The Morgan fingerprint density at radius 3 is 2.97 bits per heavy atom. The number of carbonyl (C=O) groups is 1. The Labute approximate surface area is 171 Å². The number of nitrogens with one attached hydrogen (secondary N) is 3. The summed E-state index contributed by atoms with van der Waals surface area (Å²) in [6.45, 7) is 0.616. The van der Waals surface area contributed by atoms with Crippen LogP contribution in [0.5, 0.6) is 0 Å². The molecule has 0 fully saturated rings. The number of aromatic amines is 1. The molecule has 0 spiro atoms. The Bertz CT molecular complexity index is 1240. The lowest BCUT2D eigenvalue weighted by Gasteiger charge is -2.10. The van der Waals surface area contributed by atoms with Crippen LogP contribution in [0.1, 0.15) is 11.4 Å². The van der Waals surface area contributed by atoms with Crippen molar-refractivity contribution < 1.29 is 4.79 Å². The fraction of sp³-hybridized carbons (Fsp3) is 0.143. The highest BCUT2D eigenvalue weighted by atomic mass is 35.5. The van der Waals surface area contributed by atoms with Gasteiger partial charge in [-0.15, -0.1) is 0 Å². The van der Waals surface area contributed by atoms with Gasteiger partial charge >= 0.3 is 0 Å². The van der Waals surface area contributed by atoms with E-state index in [9.17, 15) is 4.79 Å². The van der Waals surface area contributed by atoms with Crippen molar-refractivity contribution in [3.05, 3.63) is 65.1 Å². The summed E-state index contributed by atoms with van der Waals surface area (Å²) < 4.78 is 0. The second-order valence-electron chi connectivity index (χ2n) is 6.86. The van der Waals surface area contributed by atoms with Crippen LogP contribution in [0.4, 0.5) is 11.6 Å². The van der Waals surface area contributed by atoms with E-state index >= 15 is 0 Å². The van der Waals surface area contributed by atoms with Crippen molar-refractivity contribution in [1.29, 1.82) is 0 Å². The Morgan fingerprint density at radius 2 is 2.03 bits per heavy atom. The van der Waals surface area contributed by atoms with Crippen LogP contribution in [0.15, 0.2) is 48.7 Å².